The molecule has 0 saturated carbocycles. The molecule has 0 saturated heterocycles. The van der Waals surface area contributed by atoms with Gasteiger partial charge in [0, 0.05) is 42.3 Å². The van der Waals surface area contributed by atoms with E-state index >= 15 is 0 Å². The van der Waals surface area contributed by atoms with E-state index in [0.717, 1.165) is 40.6 Å². The summed E-state index contributed by atoms with van der Waals surface area (Å²) in [7, 11) is 3.41. The quantitative estimate of drug-likeness (QED) is 0.140. The number of hydrogen-bond acceptors (Lipinski definition) is 5. The fourth-order valence-corrected chi connectivity index (χ4v) is 5.46. The summed E-state index contributed by atoms with van der Waals surface area (Å²) < 4.78 is 19.4. The second-order valence-corrected chi connectivity index (χ2v) is 10.2. The molecule has 1 atom stereocenters. The van der Waals surface area contributed by atoms with Gasteiger partial charge in [-0.05, 0) is 72.5 Å². The van der Waals surface area contributed by atoms with Crippen LogP contribution in [0.2, 0.25) is 0 Å². The molecule has 8 heteroatoms. The molecule has 0 radical (unpaired) electrons. The molecule has 0 amide bonds. The molecule has 0 aliphatic carbocycles. The number of hydrogen-bond donors (Lipinski definition) is 2. The second kappa shape index (κ2) is 12.1. The molecule has 1 unspecified atom stereocenters. The number of methoxy groups -OCH3 is 1. The number of carboxylic acids is 1. The number of aryl methyl sites for hydroxylation is 1. The van der Waals surface area contributed by atoms with Gasteiger partial charge < -0.3 is 20.1 Å². The van der Waals surface area contributed by atoms with Crippen LogP contribution in [0.15, 0.2) is 70.6 Å². The topological polar surface area (TPSA) is 74.2 Å². The average Bonchev–Trinajstić information content (AvgIpc) is 3.29. The standard InChI is InChI=1S/C29H32FN3O3S/c1-19-6-7-20-12-13-33(26(20)15-19)29(31-2)28(21-8-10-22(30)11-9-21)32-23-16-24(36-3)18-25(17-23)37-14-4-5-27(34)35/h6-11,15-18,28,32H,4-5,12-14H2,1-3H3,(H,34,35). The summed E-state index contributed by atoms with van der Waals surface area (Å²) in [5.74, 6) is 1.14. The molecule has 4 rings (SSSR count). The molecular weight excluding hydrogens is 489 g/mol. The van der Waals surface area contributed by atoms with Crippen LogP contribution < -0.4 is 15.0 Å². The van der Waals surface area contributed by atoms with Crippen molar-refractivity contribution in [1.29, 1.82) is 0 Å². The molecule has 0 fully saturated rings. The van der Waals surface area contributed by atoms with Gasteiger partial charge in [-0.3, -0.25) is 9.79 Å². The number of thioether (sulfide) groups is 1. The van der Waals surface area contributed by atoms with E-state index < -0.39 is 5.97 Å². The maximum atomic E-state index is 13.8. The van der Waals surface area contributed by atoms with Gasteiger partial charge in [-0.2, -0.15) is 0 Å². The number of halogens is 1. The Balaban J connectivity index is 1.67. The molecule has 3 aromatic carbocycles. The molecule has 37 heavy (non-hydrogen) atoms. The van der Waals surface area contributed by atoms with E-state index in [1.807, 2.05) is 18.2 Å². The molecule has 0 spiro atoms. The summed E-state index contributed by atoms with van der Waals surface area (Å²) >= 11 is 1.59. The van der Waals surface area contributed by atoms with Crippen molar-refractivity contribution in [1.82, 2.24) is 0 Å². The lowest BCUT2D eigenvalue weighted by molar-refractivity contribution is -0.137. The number of carbonyl (C=O) groups is 1. The molecule has 6 nitrogen and oxygen atoms in total. The Morgan fingerprint density at radius 2 is 1.97 bits per heavy atom. The number of nitrogens with zero attached hydrogens (tertiary/aromatic N) is 2. The lowest BCUT2D eigenvalue weighted by atomic mass is 10.0. The maximum Gasteiger partial charge on any atom is 0.303 e. The van der Waals surface area contributed by atoms with Crippen molar-refractivity contribution in [2.75, 3.05) is 36.7 Å². The zero-order chi connectivity index (χ0) is 26.4. The zero-order valence-corrected chi connectivity index (χ0v) is 22.1. The lowest BCUT2D eigenvalue weighted by Gasteiger charge is -2.30. The first-order valence-electron chi connectivity index (χ1n) is 12.3. The lowest BCUT2D eigenvalue weighted by Crippen LogP contribution is -2.37. The minimum absolute atomic E-state index is 0.141. The fourth-order valence-electron chi connectivity index (χ4n) is 4.52. The summed E-state index contributed by atoms with van der Waals surface area (Å²) in [5, 5.41) is 12.6. The van der Waals surface area contributed by atoms with Crippen LogP contribution in [0, 0.1) is 12.7 Å². The zero-order valence-electron chi connectivity index (χ0n) is 21.3. The highest BCUT2D eigenvalue weighted by atomic mass is 32.2. The smallest absolute Gasteiger partial charge is 0.303 e. The van der Waals surface area contributed by atoms with E-state index in [1.165, 1.54) is 23.3 Å². The number of benzene rings is 3. The number of amidine groups is 1. The van der Waals surface area contributed by atoms with Crippen LogP contribution in [0.5, 0.6) is 5.75 Å². The van der Waals surface area contributed by atoms with Crippen LogP contribution in [0.25, 0.3) is 0 Å². The molecular formula is C29H32FN3O3S. The van der Waals surface area contributed by atoms with Gasteiger partial charge in [0.2, 0.25) is 0 Å². The highest BCUT2D eigenvalue weighted by molar-refractivity contribution is 7.99. The van der Waals surface area contributed by atoms with Crippen molar-refractivity contribution in [2.24, 2.45) is 4.99 Å². The largest absolute Gasteiger partial charge is 0.497 e. The maximum absolute atomic E-state index is 13.8. The van der Waals surface area contributed by atoms with E-state index in [4.69, 9.17) is 14.8 Å². The van der Waals surface area contributed by atoms with Crippen LogP contribution in [0.4, 0.5) is 15.8 Å². The Bertz CT molecular complexity index is 1280. The van der Waals surface area contributed by atoms with Gasteiger partial charge in [0.05, 0.1) is 7.11 Å². The highest BCUT2D eigenvalue weighted by Gasteiger charge is 2.29. The van der Waals surface area contributed by atoms with Gasteiger partial charge in [-0.15, -0.1) is 11.8 Å². The first kappa shape index (κ1) is 26.5. The first-order chi connectivity index (χ1) is 17.9. The van der Waals surface area contributed by atoms with Gasteiger partial charge in [-0.25, -0.2) is 4.39 Å². The molecule has 1 aliphatic heterocycles. The Hall–Kier alpha value is -3.52. The number of rotatable bonds is 10. The number of ether oxygens (including phenoxy) is 1. The van der Waals surface area contributed by atoms with Crippen molar-refractivity contribution in [3.05, 3.63) is 83.2 Å². The number of aliphatic carboxylic acids is 1. The average molecular weight is 522 g/mol. The van der Waals surface area contributed by atoms with Gasteiger partial charge in [0.25, 0.3) is 0 Å². The fraction of sp³-hybridized carbons (Fsp3) is 0.310. The number of fused-ring (bicyclic) bond motifs is 1. The molecule has 3 aromatic rings. The van der Waals surface area contributed by atoms with Gasteiger partial charge in [-0.1, -0.05) is 24.3 Å². The van der Waals surface area contributed by atoms with Crippen molar-refractivity contribution in [2.45, 2.75) is 37.1 Å². The van der Waals surface area contributed by atoms with Crippen LogP contribution in [0.3, 0.4) is 0 Å². The molecule has 0 aromatic heterocycles. The van der Waals surface area contributed by atoms with Crippen molar-refractivity contribution in [3.63, 3.8) is 0 Å². The van der Waals surface area contributed by atoms with Gasteiger partial charge in [0.1, 0.15) is 23.4 Å². The Kier molecular flexibility index (Phi) is 8.71. The Morgan fingerprint density at radius 1 is 1.19 bits per heavy atom. The third-order valence-corrected chi connectivity index (χ3v) is 7.40. The molecule has 0 bridgehead atoms. The predicted molar refractivity (Wildman–Crippen MR) is 149 cm³/mol. The van der Waals surface area contributed by atoms with Crippen molar-refractivity contribution < 1.29 is 19.0 Å². The van der Waals surface area contributed by atoms with Crippen LogP contribution in [0.1, 0.15) is 35.6 Å². The number of aliphatic imine (C=N–C) groups is 1. The summed E-state index contributed by atoms with van der Waals surface area (Å²) in [6.45, 7) is 2.90. The molecule has 1 aliphatic rings. The number of anilines is 2. The summed E-state index contributed by atoms with van der Waals surface area (Å²) in [5.41, 5.74) is 5.34. The van der Waals surface area contributed by atoms with E-state index in [2.05, 4.69) is 35.3 Å². The van der Waals surface area contributed by atoms with Crippen LogP contribution >= 0.6 is 11.8 Å². The highest BCUT2D eigenvalue weighted by Crippen LogP contribution is 2.35. The first-order valence-corrected chi connectivity index (χ1v) is 13.3. The number of carboxylic acid groups (broad SMARTS) is 1. The minimum atomic E-state index is -0.791. The minimum Gasteiger partial charge on any atom is -0.497 e. The summed E-state index contributed by atoms with van der Waals surface area (Å²) in [6, 6.07) is 18.6. The van der Waals surface area contributed by atoms with Crippen LogP contribution in [-0.2, 0) is 11.2 Å². The SMILES string of the molecule is CN=C(C(Nc1cc(OC)cc(SCCCC(=O)O)c1)c1ccc(F)cc1)N1CCc2ccc(C)cc21. The van der Waals surface area contributed by atoms with Crippen LogP contribution in [-0.4, -0.2) is 43.4 Å². The second-order valence-electron chi connectivity index (χ2n) is 8.99. The van der Waals surface area contributed by atoms with Crippen molar-refractivity contribution in [3.8, 4) is 5.75 Å². The molecule has 2 N–H and O–H groups in total. The van der Waals surface area contributed by atoms with Gasteiger partial charge >= 0.3 is 5.97 Å². The predicted octanol–water partition coefficient (Wildman–Crippen LogP) is 6.34. The normalized spacial score (nSPS) is 13.8. The molecule has 1 heterocycles. The van der Waals surface area contributed by atoms with E-state index in [9.17, 15) is 9.18 Å². The molecule has 194 valence electrons. The third-order valence-electron chi connectivity index (χ3n) is 6.33. The van der Waals surface area contributed by atoms with Gasteiger partial charge in [0.15, 0.2) is 0 Å². The van der Waals surface area contributed by atoms with E-state index in [-0.39, 0.29) is 18.3 Å². The number of nitrogens with one attached hydrogen (secondary N) is 1. The summed E-state index contributed by atoms with van der Waals surface area (Å²) in [6.07, 6.45) is 1.65. The Morgan fingerprint density at radius 3 is 2.68 bits per heavy atom. The van der Waals surface area contributed by atoms with E-state index in [1.54, 1.807) is 38.1 Å². The van der Waals surface area contributed by atoms with E-state index in [0.29, 0.717) is 17.9 Å². The summed E-state index contributed by atoms with van der Waals surface area (Å²) in [4.78, 5) is 18.8. The third kappa shape index (κ3) is 6.63. The van der Waals surface area contributed by atoms with Crippen molar-refractivity contribution >= 4 is 34.9 Å². The Labute approximate surface area is 221 Å². The monoisotopic (exact) mass is 521 g/mol.